The van der Waals surface area contributed by atoms with Crippen LogP contribution in [0.2, 0.25) is 0 Å². The highest BCUT2D eigenvalue weighted by atomic mass is 15.0. The van der Waals surface area contributed by atoms with Gasteiger partial charge < -0.3 is 4.57 Å². The zero-order valence-electron chi connectivity index (χ0n) is 16.2. The fourth-order valence-corrected chi connectivity index (χ4v) is 3.48. The second-order valence-corrected chi connectivity index (χ2v) is 8.23. The molecular weight excluding hydrogens is 304 g/mol. The monoisotopic (exact) mass is 332 g/mol. The Labute approximate surface area is 151 Å². The first kappa shape index (κ1) is 17.5. The molecule has 0 fully saturated rings. The van der Waals surface area contributed by atoms with Gasteiger partial charge >= 0.3 is 0 Å². The fourth-order valence-electron chi connectivity index (χ4n) is 3.48. The number of aryl methyl sites for hydroxylation is 2. The van der Waals surface area contributed by atoms with Crippen molar-refractivity contribution in [1.82, 2.24) is 9.55 Å². The highest BCUT2D eigenvalue weighted by molar-refractivity contribution is 5.78. The maximum atomic E-state index is 4.53. The SMILES string of the molecule is Cc1ccc(CC(C)(C)C)cc1-c1cccc(-c2nccn2C)c1C. The first-order valence-electron chi connectivity index (χ1n) is 8.93. The summed E-state index contributed by atoms with van der Waals surface area (Å²) in [6.07, 6.45) is 4.94. The summed E-state index contributed by atoms with van der Waals surface area (Å²) in [6.45, 7) is 11.3. The van der Waals surface area contributed by atoms with Gasteiger partial charge in [-0.15, -0.1) is 0 Å². The molecule has 0 unspecified atom stereocenters. The summed E-state index contributed by atoms with van der Waals surface area (Å²) in [5.74, 6) is 1.02. The highest BCUT2D eigenvalue weighted by Crippen LogP contribution is 2.34. The molecule has 1 heterocycles. The van der Waals surface area contributed by atoms with Crippen LogP contribution in [0.3, 0.4) is 0 Å². The first-order valence-corrected chi connectivity index (χ1v) is 8.93. The molecule has 0 bridgehead atoms. The van der Waals surface area contributed by atoms with Crippen molar-refractivity contribution >= 4 is 0 Å². The molecule has 0 radical (unpaired) electrons. The van der Waals surface area contributed by atoms with Crippen LogP contribution in [0.5, 0.6) is 0 Å². The van der Waals surface area contributed by atoms with E-state index in [0.29, 0.717) is 0 Å². The van der Waals surface area contributed by atoms with Crippen molar-refractivity contribution < 1.29 is 0 Å². The van der Waals surface area contributed by atoms with E-state index in [0.717, 1.165) is 12.2 Å². The van der Waals surface area contributed by atoms with Crippen molar-refractivity contribution in [1.29, 1.82) is 0 Å². The van der Waals surface area contributed by atoms with Crippen LogP contribution in [-0.4, -0.2) is 9.55 Å². The van der Waals surface area contributed by atoms with Crippen molar-refractivity contribution in [2.75, 3.05) is 0 Å². The summed E-state index contributed by atoms with van der Waals surface area (Å²) in [6, 6.07) is 13.4. The van der Waals surface area contributed by atoms with Gasteiger partial charge in [-0.05, 0) is 53.5 Å². The van der Waals surface area contributed by atoms with Gasteiger partial charge in [-0.25, -0.2) is 4.98 Å². The molecule has 2 nitrogen and oxygen atoms in total. The lowest BCUT2D eigenvalue weighted by Gasteiger charge is -2.20. The number of imidazole rings is 1. The maximum absolute atomic E-state index is 4.53. The van der Waals surface area contributed by atoms with Crippen LogP contribution < -0.4 is 0 Å². The Kier molecular flexibility index (Phi) is 4.55. The highest BCUT2D eigenvalue weighted by Gasteiger charge is 2.15. The summed E-state index contributed by atoms with van der Waals surface area (Å²) in [5, 5.41) is 0. The Balaban J connectivity index is 2.11. The van der Waals surface area contributed by atoms with Gasteiger partial charge in [0.1, 0.15) is 5.82 Å². The third-order valence-corrected chi connectivity index (χ3v) is 4.72. The number of hydrogen-bond acceptors (Lipinski definition) is 1. The molecular formula is C23H28N2. The zero-order chi connectivity index (χ0) is 18.2. The molecule has 0 spiro atoms. The van der Waals surface area contributed by atoms with Crippen molar-refractivity contribution in [3.8, 4) is 22.5 Å². The van der Waals surface area contributed by atoms with E-state index >= 15 is 0 Å². The molecule has 0 N–H and O–H groups in total. The topological polar surface area (TPSA) is 17.8 Å². The van der Waals surface area contributed by atoms with Crippen LogP contribution in [0.4, 0.5) is 0 Å². The molecule has 1 aromatic heterocycles. The largest absolute Gasteiger partial charge is 0.334 e. The van der Waals surface area contributed by atoms with Crippen LogP contribution in [0.25, 0.3) is 22.5 Å². The maximum Gasteiger partial charge on any atom is 0.139 e. The number of rotatable bonds is 3. The van der Waals surface area contributed by atoms with E-state index in [1.54, 1.807) is 0 Å². The van der Waals surface area contributed by atoms with Gasteiger partial charge in [-0.2, -0.15) is 0 Å². The average Bonchev–Trinajstić information content (AvgIpc) is 2.94. The third kappa shape index (κ3) is 3.68. The minimum atomic E-state index is 0.288. The first-order chi connectivity index (χ1) is 11.8. The van der Waals surface area contributed by atoms with Gasteiger partial charge in [-0.1, -0.05) is 57.2 Å². The molecule has 0 amide bonds. The molecule has 25 heavy (non-hydrogen) atoms. The lowest BCUT2D eigenvalue weighted by Crippen LogP contribution is -2.09. The summed E-state index contributed by atoms with van der Waals surface area (Å²) in [5.41, 5.74) is 8.12. The Hall–Kier alpha value is -2.35. The molecule has 130 valence electrons. The van der Waals surface area contributed by atoms with Crippen molar-refractivity contribution in [2.24, 2.45) is 12.5 Å². The van der Waals surface area contributed by atoms with Crippen LogP contribution in [0.15, 0.2) is 48.8 Å². The molecule has 0 saturated carbocycles. The van der Waals surface area contributed by atoms with Crippen molar-refractivity contribution in [3.05, 3.63) is 65.5 Å². The minimum Gasteiger partial charge on any atom is -0.334 e. The normalized spacial score (nSPS) is 11.8. The van der Waals surface area contributed by atoms with Gasteiger partial charge in [0.05, 0.1) is 0 Å². The predicted octanol–water partition coefficient (Wildman–Crippen LogP) is 5.96. The second kappa shape index (κ2) is 6.51. The minimum absolute atomic E-state index is 0.288. The van der Waals surface area contributed by atoms with Gasteiger partial charge in [-0.3, -0.25) is 0 Å². The molecule has 3 aromatic rings. The molecule has 0 aliphatic rings. The summed E-state index contributed by atoms with van der Waals surface area (Å²) >= 11 is 0. The van der Waals surface area contributed by atoms with E-state index in [2.05, 4.69) is 80.6 Å². The van der Waals surface area contributed by atoms with Gasteiger partial charge in [0.15, 0.2) is 0 Å². The number of aromatic nitrogens is 2. The van der Waals surface area contributed by atoms with E-state index in [9.17, 15) is 0 Å². The summed E-state index contributed by atoms with van der Waals surface area (Å²) < 4.78 is 2.08. The Morgan fingerprint density at radius 3 is 2.32 bits per heavy atom. The smallest absolute Gasteiger partial charge is 0.139 e. The summed E-state index contributed by atoms with van der Waals surface area (Å²) in [4.78, 5) is 4.53. The van der Waals surface area contributed by atoms with Crippen molar-refractivity contribution in [3.63, 3.8) is 0 Å². The summed E-state index contributed by atoms with van der Waals surface area (Å²) in [7, 11) is 2.05. The Morgan fingerprint density at radius 2 is 1.68 bits per heavy atom. The van der Waals surface area contributed by atoms with Gasteiger partial charge in [0, 0.05) is 25.0 Å². The van der Waals surface area contributed by atoms with Crippen LogP contribution in [-0.2, 0) is 13.5 Å². The molecule has 2 aromatic carbocycles. The van der Waals surface area contributed by atoms with Crippen LogP contribution in [0.1, 0.15) is 37.5 Å². The van der Waals surface area contributed by atoms with E-state index in [1.807, 2.05) is 19.4 Å². The van der Waals surface area contributed by atoms with Crippen LogP contribution >= 0.6 is 0 Å². The molecule has 0 aliphatic carbocycles. The lowest BCUT2D eigenvalue weighted by molar-refractivity contribution is 0.411. The molecule has 0 atom stereocenters. The molecule has 0 aliphatic heterocycles. The van der Waals surface area contributed by atoms with E-state index < -0.39 is 0 Å². The second-order valence-electron chi connectivity index (χ2n) is 8.23. The van der Waals surface area contributed by atoms with Crippen molar-refractivity contribution in [2.45, 2.75) is 41.0 Å². The van der Waals surface area contributed by atoms with E-state index in [-0.39, 0.29) is 5.41 Å². The van der Waals surface area contributed by atoms with E-state index in [1.165, 1.54) is 33.4 Å². The fraction of sp³-hybridized carbons (Fsp3) is 0.348. The number of hydrogen-bond donors (Lipinski definition) is 0. The Morgan fingerprint density at radius 1 is 0.960 bits per heavy atom. The Bertz CT molecular complexity index is 895. The predicted molar refractivity (Wildman–Crippen MR) is 107 cm³/mol. The molecule has 3 rings (SSSR count). The number of benzene rings is 2. The number of nitrogens with zero attached hydrogens (tertiary/aromatic N) is 2. The average molecular weight is 332 g/mol. The molecule has 0 saturated heterocycles. The quantitative estimate of drug-likeness (QED) is 0.578. The molecule has 2 heteroatoms. The lowest BCUT2D eigenvalue weighted by atomic mass is 9.85. The van der Waals surface area contributed by atoms with Gasteiger partial charge in [0.25, 0.3) is 0 Å². The van der Waals surface area contributed by atoms with Gasteiger partial charge in [0.2, 0.25) is 0 Å². The zero-order valence-corrected chi connectivity index (χ0v) is 16.2. The standard InChI is InChI=1S/C23H28N2/c1-16-10-11-18(15-23(3,4)5)14-21(16)19-8-7-9-20(17(19)2)22-24-12-13-25(22)6/h7-14H,15H2,1-6H3. The van der Waals surface area contributed by atoms with Crippen LogP contribution in [0, 0.1) is 19.3 Å². The van der Waals surface area contributed by atoms with E-state index in [4.69, 9.17) is 0 Å². The third-order valence-electron chi connectivity index (χ3n) is 4.72.